The van der Waals surface area contributed by atoms with Crippen molar-refractivity contribution in [2.75, 3.05) is 6.54 Å². The van der Waals surface area contributed by atoms with Crippen LogP contribution < -0.4 is 5.73 Å². The summed E-state index contributed by atoms with van der Waals surface area (Å²) in [7, 11) is 0. The van der Waals surface area contributed by atoms with E-state index in [0.717, 1.165) is 36.9 Å². The van der Waals surface area contributed by atoms with Gasteiger partial charge in [-0.3, -0.25) is 4.79 Å². The molecule has 6 nitrogen and oxygen atoms in total. The van der Waals surface area contributed by atoms with Crippen LogP contribution in [0.3, 0.4) is 0 Å². The highest BCUT2D eigenvalue weighted by atomic mass is 35.5. The molecule has 1 aromatic heterocycles. The van der Waals surface area contributed by atoms with Crippen molar-refractivity contribution >= 4 is 18.3 Å². The third-order valence-corrected chi connectivity index (χ3v) is 4.16. The highest BCUT2D eigenvalue weighted by Crippen LogP contribution is 2.18. The van der Waals surface area contributed by atoms with Crippen molar-refractivity contribution in [1.82, 2.24) is 15.0 Å². The molecule has 0 radical (unpaired) electrons. The maximum absolute atomic E-state index is 12.1. The van der Waals surface area contributed by atoms with Crippen molar-refractivity contribution in [3.8, 4) is 11.4 Å². The molecule has 1 fully saturated rings. The summed E-state index contributed by atoms with van der Waals surface area (Å²) in [6.45, 7) is 1.67. The standard InChI is InChI=1S/C17H22N4O2.ClH/c18-11-13-6-8-14(9-7-13)17-19-15(23-20-17)12-21-10-4-2-1-3-5-16(21)22;/h6-9H,1-5,10-12,18H2;1H. The third-order valence-electron chi connectivity index (χ3n) is 4.16. The molecular formula is C17H23ClN4O2. The number of rotatable bonds is 4. The summed E-state index contributed by atoms with van der Waals surface area (Å²) in [5.74, 6) is 1.21. The Morgan fingerprint density at radius 1 is 1.12 bits per heavy atom. The van der Waals surface area contributed by atoms with Gasteiger partial charge >= 0.3 is 0 Å². The number of nitrogens with two attached hydrogens (primary N) is 1. The van der Waals surface area contributed by atoms with Crippen molar-refractivity contribution in [2.45, 2.75) is 45.2 Å². The van der Waals surface area contributed by atoms with Crippen LogP contribution in [0.25, 0.3) is 11.4 Å². The summed E-state index contributed by atoms with van der Waals surface area (Å²) in [4.78, 5) is 18.4. The van der Waals surface area contributed by atoms with Crippen molar-refractivity contribution < 1.29 is 9.32 Å². The second-order valence-electron chi connectivity index (χ2n) is 5.89. The third kappa shape index (κ3) is 4.55. The number of hydrogen-bond acceptors (Lipinski definition) is 5. The Morgan fingerprint density at radius 3 is 2.62 bits per heavy atom. The van der Waals surface area contributed by atoms with E-state index in [9.17, 15) is 4.79 Å². The van der Waals surface area contributed by atoms with E-state index >= 15 is 0 Å². The Labute approximate surface area is 147 Å². The Morgan fingerprint density at radius 2 is 1.88 bits per heavy atom. The zero-order valence-electron chi connectivity index (χ0n) is 13.6. The van der Waals surface area contributed by atoms with Crippen LogP contribution in [0.15, 0.2) is 28.8 Å². The Kier molecular flexibility index (Phi) is 6.75. The van der Waals surface area contributed by atoms with Gasteiger partial charge in [0.2, 0.25) is 17.6 Å². The van der Waals surface area contributed by atoms with E-state index in [1.807, 2.05) is 29.2 Å². The summed E-state index contributed by atoms with van der Waals surface area (Å²) in [5.41, 5.74) is 7.54. The van der Waals surface area contributed by atoms with Gasteiger partial charge in [0, 0.05) is 25.1 Å². The van der Waals surface area contributed by atoms with E-state index in [2.05, 4.69) is 10.1 Å². The van der Waals surface area contributed by atoms with Gasteiger partial charge in [0.05, 0.1) is 6.54 Å². The van der Waals surface area contributed by atoms with Gasteiger partial charge in [-0.2, -0.15) is 4.98 Å². The molecule has 0 saturated carbocycles. The van der Waals surface area contributed by atoms with Crippen molar-refractivity contribution in [3.63, 3.8) is 0 Å². The lowest BCUT2D eigenvalue weighted by Gasteiger charge is -2.22. The molecule has 2 N–H and O–H groups in total. The number of carbonyl (C=O) groups is 1. The molecule has 3 rings (SSSR count). The van der Waals surface area contributed by atoms with E-state index < -0.39 is 0 Å². The minimum atomic E-state index is 0. The highest BCUT2D eigenvalue weighted by molar-refractivity contribution is 5.85. The van der Waals surface area contributed by atoms with Crippen LogP contribution in [0.2, 0.25) is 0 Å². The van der Waals surface area contributed by atoms with Gasteiger partial charge in [0.15, 0.2) is 0 Å². The first-order valence-electron chi connectivity index (χ1n) is 8.16. The summed E-state index contributed by atoms with van der Waals surface area (Å²) in [6, 6.07) is 7.76. The van der Waals surface area contributed by atoms with Crippen LogP contribution in [0.5, 0.6) is 0 Å². The van der Waals surface area contributed by atoms with Gasteiger partial charge in [-0.05, 0) is 18.4 Å². The van der Waals surface area contributed by atoms with Crippen LogP contribution in [-0.4, -0.2) is 27.5 Å². The Bertz CT molecular complexity index is 657. The molecule has 0 aliphatic carbocycles. The first kappa shape index (κ1) is 18.4. The maximum Gasteiger partial charge on any atom is 0.246 e. The molecule has 1 saturated heterocycles. The topological polar surface area (TPSA) is 85.2 Å². The second kappa shape index (κ2) is 8.80. The number of amides is 1. The van der Waals surface area contributed by atoms with Crippen LogP contribution in [0.4, 0.5) is 0 Å². The monoisotopic (exact) mass is 350 g/mol. The number of aromatic nitrogens is 2. The molecule has 0 bridgehead atoms. The largest absolute Gasteiger partial charge is 0.337 e. The Hall–Kier alpha value is -1.92. The van der Waals surface area contributed by atoms with E-state index in [1.165, 1.54) is 6.42 Å². The van der Waals surface area contributed by atoms with Gasteiger partial charge in [-0.15, -0.1) is 12.4 Å². The van der Waals surface area contributed by atoms with Crippen LogP contribution in [0, 0.1) is 0 Å². The predicted molar refractivity (Wildman–Crippen MR) is 93.4 cm³/mol. The van der Waals surface area contributed by atoms with Crippen LogP contribution >= 0.6 is 12.4 Å². The number of halogens is 1. The SMILES string of the molecule is Cl.NCc1ccc(-c2noc(CN3CCCCCCC3=O)n2)cc1. The predicted octanol–water partition coefficient (Wildman–Crippen LogP) is 2.91. The van der Waals surface area contributed by atoms with Gasteiger partial charge in [0.1, 0.15) is 0 Å². The molecule has 1 amide bonds. The molecule has 1 aromatic carbocycles. The van der Waals surface area contributed by atoms with Gasteiger partial charge in [-0.25, -0.2) is 0 Å². The van der Waals surface area contributed by atoms with E-state index in [-0.39, 0.29) is 18.3 Å². The van der Waals surface area contributed by atoms with Gasteiger partial charge in [0.25, 0.3) is 0 Å². The molecule has 0 spiro atoms. The fourth-order valence-corrected chi connectivity index (χ4v) is 2.77. The molecule has 0 unspecified atom stereocenters. The number of hydrogen-bond donors (Lipinski definition) is 1. The zero-order valence-corrected chi connectivity index (χ0v) is 14.4. The van der Waals surface area contributed by atoms with E-state index in [4.69, 9.17) is 10.3 Å². The van der Waals surface area contributed by atoms with Crippen molar-refractivity contribution in [1.29, 1.82) is 0 Å². The Balaban J connectivity index is 0.00000208. The number of benzene rings is 1. The smallest absolute Gasteiger partial charge is 0.246 e. The summed E-state index contributed by atoms with van der Waals surface area (Å²) in [6.07, 6.45) is 4.93. The minimum absolute atomic E-state index is 0. The molecule has 1 aliphatic rings. The maximum atomic E-state index is 12.1. The number of likely N-dealkylation sites (tertiary alicyclic amines) is 1. The minimum Gasteiger partial charge on any atom is -0.337 e. The first-order chi connectivity index (χ1) is 11.3. The van der Waals surface area contributed by atoms with E-state index in [0.29, 0.717) is 31.2 Å². The fraction of sp³-hybridized carbons (Fsp3) is 0.471. The molecular weight excluding hydrogens is 328 g/mol. The lowest BCUT2D eigenvalue weighted by Crippen LogP contribution is -2.32. The number of carbonyl (C=O) groups excluding carboxylic acids is 1. The van der Waals surface area contributed by atoms with Crippen molar-refractivity contribution in [3.05, 3.63) is 35.7 Å². The normalized spacial score (nSPS) is 15.5. The molecule has 2 aromatic rings. The highest BCUT2D eigenvalue weighted by Gasteiger charge is 2.19. The summed E-state index contributed by atoms with van der Waals surface area (Å²) < 4.78 is 5.32. The van der Waals surface area contributed by atoms with Crippen LogP contribution in [0.1, 0.15) is 43.6 Å². The van der Waals surface area contributed by atoms with Gasteiger partial charge in [-0.1, -0.05) is 42.3 Å². The molecule has 130 valence electrons. The molecule has 2 heterocycles. The van der Waals surface area contributed by atoms with Gasteiger partial charge < -0.3 is 15.2 Å². The first-order valence-corrected chi connectivity index (χ1v) is 8.16. The molecule has 1 aliphatic heterocycles. The average Bonchev–Trinajstić information content (AvgIpc) is 3.03. The lowest BCUT2D eigenvalue weighted by molar-refractivity contribution is -0.132. The molecule has 7 heteroatoms. The molecule has 0 atom stereocenters. The second-order valence-corrected chi connectivity index (χ2v) is 5.89. The van der Waals surface area contributed by atoms with E-state index in [1.54, 1.807) is 0 Å². The quantitative estimate of drug-likeness (QED) is 0.916. The summed E-state index contributed by atoms with van der Waals surface area (Å²) in [5, 5.41) is 4.02. The fourth-order valence-electron chi connectivity index (χ4n) is 2.77. The molecule has 24 heavy (non-hydrogen) atoms. The average molecular weight is 351 g/mol. The zero-order chi connectivity index (χ0) is 16.1. The van der Waals surface area contributed by atoms with Crippen LogP contribution in [-0.2, 0) is 17.9 Å². The number of nitrogens with zero attached hydrogens (tertiary/aromatic N) is 3. The lowest BCUT2D eigenvalue weighted by atomic mass is 10.1. The summed E-state index contributed by atoms with van der Waals surface area (Å²) >= 11 is 0. The van der Waals surface area contributed by atoms with Crippen molar-refractivity contribution in [2.24, 2.45) is 5.73 Å².